The van der Waals surface area contributed by atoms with Crippen molar-refractivity contribution in [1.29, 1.82) is 0 Å². The van der Waals surface area contributed by atoms with Gasteiger partial charge in [0.2, 0.25) is 0 Å². The number of urea groups is 1. The molecule has 106 valence electrons. The number of carboxylic acid groups (broad SMARTS) is 1. The molecule has 1 atom stereocenters. The van der Waals surface area contributed by atoms with Crippen LogP contribution in [0.3, 0.4) is 0 Å². The van der Waals surface area contributed by atoms with Gasteiger partial charge in [-0.3, -0.25) is 0 Å². The fraction of sp³-hybridized carbons (Fsp3) is 0.846. The molecule has 0 saturated heterocycles. The largest absolute Gasteiger partial charge is 0.480 e. The van der Waals surface area contributed by atoms with Crippen LogP contribution in [0.15, 0.2) is 0 Å². The Balaban J connectivity index is 4.62. The Bertz CT molecular complexity index is 284. The van der Waals surface area contributed by atoms with Crippen LogP contribution >= 0.6 is 0 Å². The third kappa shape index (κ3) is 5.38. The maximum Gasteiger partial charge on any atom is 0.326 e. The van der Waals surface area contributed by atoms with Crippen LogP contribution in [0.25, 0.3) is 0 Å². The van der Waals surface area contributed by atoms with Gasteiger partial charge in [-0.05, 0) is 18.8 Å². The highest BCUT2D eigenvalue weighted by atomic mass is 16.4. The number of amides is 2. The summed E-state index contributed by atoms with van der Waals surface area (Å²) in [5, 5.41) is 11.8. The first-order valence-corrected chi connectivity index (χ1v) is 6.52. The van der Waals surface area contributed by atoms with Gasteiger partial charge in [-0.15, -0.1) is 0 Å². The predicted octanol–water partition coefficient (Wildman–Crippen LogP) is 2.32. The number of rotatable bonds is 6. The lowest BCUT2D eigenvalue weighted by molar-refractivity contribution is -0.142. The third-order valence-electron chi connectivity index (χ3n) is 2.83. The zero-order valence-corrected chi connectivity index (χ0v) is 12.1. The number of carbonyl (C=O) groups excluding carboxylic acids is 1. The van der Waals surface area contributed by atoms with Crippen LogP contribution in [-0.4, -0.2) is 41.1 Å². The number of carboxylic acids is 1. The van der Waals surface area contributed by atoms with Gasteiger partial charge in [-0.1, -0.05) is 34.1 Å². The number of aliphatic carboxylic acids is 1. The highest BCUT2D eigenvalue weighted by Crippen LogP contribution is 2.19. The maximum atomic E-state index is 12.0. The fourth-order valence-electron chi connectivity index (χ4n) is 1.62. The van der Waals surface area contributed by atoms with Gasteiger partial charge in [0.05, 0.1) is 0 Å². The van der Waals surface area contributed by atoms with E-state index in [0.29, 0.717) is 13.1 Å². The van der Waals surface area contributed by atoms with Crippen molar-refractivity contribution >= 4 is 12.0 Å². The molecular weight excluding hydrogens is 232 g/mol. The van der Waals surface area contributed by atoms with Crippen LogP contribution in [0.2, 0.25) is 0 Å². The smallest absolute Gasteiger partial charge is 0.326 e. The quantitative estimate of drug-likeness (QED) is 0.768. The normalized spacial score (nSPS) is 12.9. The summed E-state index contributed by atoms with van der Waals surface area (Å²) in [6, 6.07) is -1.17. The molecule has 0 aliphatic carbocycles. The second-order valence-electron chi connectivity index (χ2n) is 5.52. The van der Waals surface area contributed by atoms with Crippen LogP contribution in [0.4, 0.5) is 4.79 Å². The van der Waals surface area contributed by atoms with Crippen molar-refractivity contribution in [3.8, 4) is 0 Å². The minimum Gasteiger partial charge on any atom is -0.480 e. The molecule has 2 N–H and O–H groups in total. The minimum atomic E-state index is -0.998. The Kier molecular flexibility index (Phi) is 6.73. The molecule has 0 saturated carbocycles. The molecule has 0 unspecified atom stereocenters. The molecule has 0 bridgehead atoms. The molecule has 2 amide bonds. The zero-order chi connectivity index (χ0) is 14.3. The van der Waals surface area contributed by atoms with Crippen molar-refractivity contribution in [3.63, 3.8) is 0 Å². The zero-order valence-electron chi connectivity index (χ0n) is 12.1. The second-order valence-corrected chi connectivity index (χ2v) is 5.52. The van der Waals surface area contributed by atoms with Crippen molar-refractivity contribution < 1.29 is 14.7 Å². The molecule has 0 radical (unpaired) electrons. The molecule has 0 fully saturated rings. The summed E-state index contributed by atoms with van der Waals surface area (Å²) in [4.78, 5) is 24.8. The molecule has 5 nitrogen and oxygen atoms in total. The molecule has 0 aromatic rings. The Morgan fingerprint density at radius 1 is 1.28 bits per heavy atom. The lowest BCUT2D eigenvalue weighted by atomic mass is 9.87. The van der Waals surface area contributed by atoms with Crippen molar-refractivity contribution in [2.24, 2.45) is 5.41 Å². The van der Waals surface area contributed by atoms with E-state index in [1.54, 1.807) is 25.7 Å². The number of hydrogen-bond donors (Lipinski definition) is 2. The molecule has 0 rings (SSSR count). The summed E-state index contributed by atoms with van der Waals surface area (Å²) in [6.45, 7) is 10.6. The molecule has 0 aromatic carbocycles. The van der Waals surface area contributed by atoms with Crippen LogP contribution in [0, 0.1) is 5.41 Å². The fourth-order valence-corrected chi connectivity index (χ4v) is 1.62. The minimum absolute atomic E-state index is 0.298. The number of hydrogen-bond acceptors (Lipinski definition) is 2. The predicted molar refractivity (Wildman–Crippen MR) is 71.6 cm³/mol. The first-order valence-electron chi connectivity index (χ1n) is 6.52. The third-order valence-corrected chi connectivity index (χ3v) is 2.83. The average molecular weight is 258 g/mol. The van der Waals surface area contributed by atoms with Crippen LogP contribution in [0.1, 0.15) is 47.5 Å². The van der Waals surface area contributed by atoms with Crippen molar-refractivity contribution in [2.45, 2.75) is 53.5 Å². The van der Waals surface area contributed by atoms with Gasteiger partial charge in [-0.2, -0.15) is 0 Å². The van der Waals surface area contributed by atoms with E-state index in [1.165, 1.54) is 0 Å². The van der Waals surface area contributed by atoms with Gasteiger partial charge >= 0.3 is 12.0 Å². The Hall–Kier alpha value is -1.26. The number of unbranched alkanes of at least 4 members (excludes halogenated alkanes) is 1. The summed E-state index contributed by atoms with van der Waals surface area (Å²) < 4.78 is 0. The van der Waals surface area contributed by atoms with Crippen LogP contribution in [-0.2, 0) is 4.79 Å². The van der Waals surface area contributed by atoms with E-state index in [2.05, 4.69) is 12.2 Å². The molecule has 0 aromatic heterocycles. The van der Waals surface area contributed by atoms with E-state index in [1.807, 2.05) is 6.92 Å². The number of nitrogens with zero attached hydrogens (tertiary/aromatic N) is 1. The highest BCUT2D eigenvalue weighted by molar-refractivity contribution is 5.83. The van der Waals surface area contributed by atoms with Crippen molar-refractivity contribution in [1.82, 2.24) is 10.2 Å². The highest BCUT2D eigenvalue weighted by Gasteiger charge is 2.33. The Morgan fingerprint density at radius 3 is 2.17 bits per heavy atom. The van der Waals surface area contributed by atoms with Gasteiger partial charge in [0.25, 0.3) is 0 Å². The molecule has 18 heavy (non-hydrogen) atoms. The van der Waals surface area contributed by atoms with Gasteiger partial charge in [0.1, 0.15) is 6.04 Å². The van der Waals surface area contributed by atoms with Crippen molar-refractivity contribution in [3.05, 3.63) is 0 Å². The van der Waals surface area contributed by atoms with Gasteiger partial charge < -0.3 is 15.3 Å². The Morgan fingerprint density at radius 2 is 1.83 bits per heavy atom. The van der Waals surface area contributed by atoms with Gasteiger partial charge in [0.15, 0.2) is 0 Å². The van der Waals surface area contributed by atoms with Gasteiger partial charge in [0, 0.05) is 13.1 Å². The standard InChI is InChI=1S/C13H26N2O3/c1-6-8-9-15(7-2)12(18)14-10(11(16)17)13(3,4)5/h10H,6-9H2,1-5H3,(H,14,18)(H,16,17)/t10-/m1/s1. The van der Waals surface area contributed by atoms with E-state index < -0.39 is 17.4 Å². The number of nitrogens with one attached hydrogen (secondary N) is 1. The topological polar surface area (TPSA) is 69.6 Å². The lowest BCUT2D eigenvalue weighted by Crippen LogP contribution is -2.53. The van der Waals surface area contributed by atoms with E-state index in [4.69, 9.17) is 5.11 Å². The van der Waals surface area contributed by atoms with Crippen molar-refractivity contribution in [2.75, 3.05) is 13.1 Å². The molecule has 0 spiro atoms. The van der Waals surface area contributed by atoms with E-state index in [0.717, 1.165) is 12.8 Å². The van der Waals surface area contributed by atoms with Crippen LogP contribution in [0.5, 0.6) is 0 Å². The second kappa shape index (κ2) is 7.24. The summed E-state index contributed by atoms with van der Waals surface area (Å²) in [5.74, 6) is -0.998. The van der Waals surface area contributed by atoms with Crippen LogP contribution < -0.4 is 5.32 Å². The summed E-state index contributed by atoms with van der Waals surface area (Å²) >= 11 is 0. The number of carbonyl (C=O) groups is 2. The monoisotopic (exact) mass is 258 g/mol. The average Bonchev–Trinajstić information content (AvgIpc) is 2.24. The Labute approximate surface area is 110 Å². The summed E-state index contributed by atoms with van der Waals surface area (Å²) in [5.41, 5.74) is -0.508. The maximum absolute atomic E-state index is 12.0. The summed E-state index contributed by atoms with van der Waals surface area (Å²) in [6.07, 6.45) is 1.93. The lowest BCUT2D eigenvalue weighted by Gasteiger charge is -2.30. The van der Waals surface area contributed by atoms with E-state index in [-0.39, 0.29) is 6.03 Å². The van der Waals surface area contributed by atoms with E-state index in [9.17, 15) is 9.59 Å². The molecule has 5 heteroatoms. The summed E-state index contributed by atoms with van der Waals surface area (Å²) in [7, 11) is 0. The first-order chi connectivity index (χ1) is 8.23. The molecule has 0 aliphatic heterocycles. The SMILES string of the molecule is CCCCN(CC)C(=O)N[C@H](C(=O)O)C(C)(C)C. The molecular formula is C13H26N2O3. The molecule has 0 heterocycles. The van der Waals surface area contributed by atoms with E-state index >= 15 is 0 Å². The molecule has 0 aliphatic rings. The van der Waals surface area contributed by atoms with Gasteiger partial charge in [-0.25, -0.2) is 9.59 Å². The first kappa shape index (κ1) is 16.7.